The number of nitrogens with zero attached hydrogens (tertiary/aromatic N) is 3. The van der Waals surface area contributed by atoms with Crippen molar-refractivity contribution in [1.29, 1.82) is 0 Å². The molecule has 0 bridgehead atoms. The smallest absolute Gasteiger partial charge is 0.251 e. The second kappa shape index (κ2) is 8.75. The number of hydrogen-bond acceptors (Lipinski definition) is 5. The fourth-order valence-electron chi connectivity index (χ4n) is 3.39. The van der Waals surface area contributed by atoms with E-state index in [9.17, 15) is 4.79 Å². The Labute approximate surface area is 174 Å². The Morgan fingerprint density at radius 3 is 2.70 bits per heavy atom. The summed E-state index contributed by atoms with van der Waals surface area (Å²) in [5, 5.41) is 14.7. The third-order valence-corrected chi connectivity index (χ3v) is 4.86. The van der Waals surface area contributed by atoms with Crippen LogP contribution in [0.15, 0.2) is 66.9 Å². The molecule has 2 heterocycles. The minimum absolute atomic E-state index is 0.0944. The van der Waals surface area contributed by atoms with Gasteiger partial charge in [-0.25, -0.2) is 4.98 Å². The molecule has 0 aliphatic carbocycles. The Morgan fingerprint density at radius 1 is 1.10 bits per heavy atom. The van der Waals surface area contributed by atoms with Crippen LogP contribution in [0.3, 0.4) is 0 Å². The number of carbonyl (C=O) groups excluding carboxylic acids is 1. The van der Waals surface area contributed by atoms with E-state index in [2.05, 4.69) is 37.3 Å². The molecule has 0 aliphatic rings. The molecular weight excluding hydrogens is 378 g/mol. The molecule has 30 heavy (non-hydrogen) atoms. The summed E-state index contributed by atoms with van der Waals surface area (Å²) in [6.07, 6.45) is 1.76. The molecule has 4 rings (SSSR count). The zero-order chi connectivity index (χ0) is 20.9. The van der Waals surface area contributed by atoms with E-state index in [0.717, 1.165) is 28.2 Å². The van der Waals surface area contributed by atoms with Crippen molar-refractivity contribution >= 4 is 22.9 Å². The highest BCUT2D eigenvalue weighted by atomic mass is 16.3. The maximum atomic E-state index is 12.2. The lowest BCUT2D eigenvalue weighted by atomic mass is 10.1. The zero-order valence-corrected chi connectivity index (χ0v) is 16.7. The average Bonchev–Trinajstić information content (AvgIpc) is 3.15. The number of aliphatic hydroxyl groups excluding tert-OH is 1. The number of fused-ring (bicyclic) bond motifs is 1. The van der Waals surface area contributed by atoms with Crippen LogP contribution in [0.4, 0.5) is 5.95 Å². The van der Waals surface area contributed by atoms with E-state index in [1.807, 2.05) is 43.4 Å². The summed E-state index contributed by atoms with van der Waals surface area (Å²) in [6, 6.07) is 19.5. The van der Waals surface area contributed by atoms with Gasteiger partial charge in [-0.15, -0.1) is 0 Å². The van der Waals surface area contributed by atoms with Crippen molar-refractivity contribution in [2.24, 2.45) is 0 Å². The summed E-state index contributed by atoms with van der Waals surface area (Å²) in [5.74, 6) is 0.545. The van der Waals surface area contributed by atoms with Crippen molar-refractivity contribution in [1.82, 2.24) is 19.9 Å². The summed E-state index contributed by atoms with van der Waals surface area (Å²) in [5.41, 5.74) is 5.06. The molecular formula is C23H23N5O2. The predicted molar refractivity (Wildman–Crippen MR) is 117 cm³/mol. The number of imidazole rings is 1. The Hall–Kier alpha value is -3.71. The molecule has 7 nitrogen and oxygen atoms in total. The van der Waals surface area contributed by atoms with Crippen LogP contribution < -0.4 is 10.6 Å². The van der Waals surface area contributed by atoms with Crippen LogP contribution in [0.1, 0.15) is 15.9 Å². The monoisotopic (exact) mass is 401 g/mol. The van der Waals surface area contributed by atoms with Crippen LogP contribution in [0.25, 0.3) is 22.3 Å². The standard InChI is InChI=1S/C23H23N5O2/c1-24-23-27-20-14-26-19(13-21(20)28(23)15-16-6-3-2-4-7-16)17-8-5-9-18(12-17)22(30)25-10-11-29/h2-9,12-14,29H,10-11,15H2,1H3,(H,24,27)(H,25,30). The summed E-state index contributed by atoms with van der Waals surface area (Å²) in [7, 11) is 1.85. The van der Waals surface area contributed by atoms with Gasteiger partial charge >= 0.3 is 0 Å². The fraction of sp³-hybridized carbons (Fsp3) is 0.174. The van der Waals surface area contributed by atoms with Crippen LogP contribution in [-0.4, -0.2) is 45.7 Å². The Balaban J connectivity index is 1.73. The number of anilines is 1. The minimum atomic E-state index is -0.224. The van der Waals surface area contributed by atoms with Gasteiger partial charge in [-0.05, 0) is 23.8 Å². The molecule has 0 saturated heterocycles. The molecule has 4 aromatic rings. The van der Waals surface area contributed by atoms with Gasteiger partial charge in [0, 0.05) is 24.7 Å². The number of hydrogen-bond donors (Lipinski definition) is 3. The first-order valence-electron chi connectivity index (χ1n) is 9.77. The molecule has 2 aromatic carbocycles. The number of aromatic nitrogens is 3. The Kier molecular flexibility index (Phi) is 5.72. The summed E-state index contributed by atoms with van der Waals surface area (Å²) < 4.78 is 2.12. The lowest BCUT2D eigenvalue weighted by Crippen LogP contribution is -2.26. The molecule has 2 aromatic heterocycles. The maximum Gasteiger partial charge on any atom is 0.251 e. The van der Waals surface area contributed by atoms with Gasteiger partial charge in [-0.1, -0.05) is 42.5 Å². The second-order valence-corrected chi connectivity index (χ2v) is 6.88. The van der Waals surface area contributed by atoms with Crippen LogP contribution in [0.5, 0.6) is 0 Å². The Morgan fingerprint density at radius 2 is 1.93 bits per heavy atom. The van der Waals surface area contributed by atoms with Gasteiger partial charge in [-0.3, -0.25) is 9.78 Å². The van der Waals surface area contributed by atoms with E-state index in [0.29, 0.717) is 12.1 Å². The largest absolute Gasteiger partial charge is 0.395 e. The van der Waals surface area contributed by atoms with Crippen LogP contribution >= 0.6 is 0 Å². The van der Waals surface area contributed by atoms with Crippen molar-refractivity contribution in [2.75, 3.05) is 25.5 Å². The number of rotatable bonds is 7. The van der Waals surface area contributed by atoms with E-state index >= 15 is 0 Å². The molecule has 3 N–H and O–H groups in total. The molecule has 0 atom stereocenters. The molecule has 152 valence electrons. The molecule has 1 amide bonds. The third kappa shape index (κ3) is 4.01. The number of benzene rings is 2. The first-order chi connectivity index (χ1) is 14.7. The van der Waals surface area contributed by atoms with Crippen molar-refractivity contribution in [3.05, 3.63) is 78.0 Å². The van der Waals surface area contributed by atoms with E-state index in [1.165, 1.54) is 5.56 Å². The number of nitrogens with one attached hydrogen (secondary N) is 2. The summed E-state index contributed by atoms with van der Waals surface area (Å²) >= 11 is 0. The van der Waals surface area contributed by atoms with Crippen molar-refractivity contribution in [2.45, 2.75) is 6.54 Å². The molecule has 0 spiro atoms. The van der Waals surface area contributed by atoms with Gasteiger partial charge in [-0.2, -0.15) is 0 Å². The van der Waals surface area contributed by atoms with Gasteiger partial charge in [0.2, 0.25) is 5.95 Å². The first kappa shape index (κ1) is 19.6. The first-order valence-corrected chi connectivity index (χ1v) is 9.77. The third-order valence-electron chi connectivity index (χ3n) is 4.86. The highest BCUT2D eigenvalue weighted by molar-refractivity contribution is 5.95. The average molecular weight is 401 g/mol. The van der Waals surface area contributed by atoms with Gasteiger partial charge < -0.3 is 20.3 Å². The van der Waals surface area contributed by atoms with E-state index in [-0.39, 0.29) is 19.1 Å². The number of pyridine rings is 1. The summed E-state index contributed by atoms with van der Waals surface area (Å²) in [6.45, 7) is 0.808. The van der Waals surface area contributed by atoms with Crippen molar-refractivity contribution in [3.8, 4) is 11.3 Å². The maximum absolute atomic E-state index is 12.2. The van der Waals surface area contributed by atoms with E-state index in [1.54, 1.807) is 18.3 Å². The van der Waals surface area contributed by atoms with Crippen LogP contribution in [-0.2, 0) is 6.54 Å². The van der Waals surface area contributed by atoms with Crippen LogP contribution in [0, 0.1) is 0 Å². The lowest BCUT2D eigenvalue weighted by molar-refractivity contribution is 0.0945. The minimum Gasteiger partial charge on any atom is -0.395 e. The van der Waals surface area contributed by atoms with E-state index in [4.69, 9.17) is 5.11 Å². The number of carbonyl (C=O) groups is 1. The highest BCUT2D eigenvalue weighted by Gasteiger charge is 2.13. The molecule has 7 heteroatoms. The van der Waals surface area contributed by atoms with E-state index < -0.39 is 0 Å². The quantitative estimate of drug-likeness (QED) is 0.443. The molecule has 0 aliphatic heterocycles. The molecule has 0 fully saturated rings. The number of amides is 1. The highest BCUT2D eigenvalue weighted by Crippen LogP contribution is 2.26. The van der Waals surface area contributed by atoms with Gasteiger partial charge in [0.1, 0.15) is 5.52 Å². The van der Waals surface area contributed by atoms with Crippen LogP contribution in [0.2, 0.25) is 0 Å². The molecule has 0 unspecified atom stereocenters. The predicted octanol–water partition coefficient (Wildman–Crippen LogP) is 2.91. The second-order valence-electron chi connectivity index (χ2n) is 6.88. The Bertz CT molecular complexity index is 1170. The normalized spacial score (nSPS) is 10.9. The van der Waals surface area contributed by atoms with Crippen molar-refractivity contribution < 1.29 is 9.90 Å². The van der Waals surface area contributed by atoms with Gasteiger partial charge in [0.25, 0.3) is 5.91 Å². The molecule has 0 saturated carbocycles. The van der Waals surface area contributed by atoms with Gasteiger partial charge in [0.15, 0.2) is 0 Å². The van der Waals surface area contributed by atoms with Crippen molar-refractivity contribution in [3.63, 3.8) is 0 Å². The fourth-order valence-corrected chi connectivity index (χ4v) is 3.39. The molecule has 0 radical (unpaired) electrons. The SMILES string of the molecule is CNc1nc2cnc(-c3cccc(C(=O)NCCO)c3)cc2n1Cc1ccccc1. The topological polar surface area (TPSA) is 92.1 Å². The lowest BCUT2D eigenvalue weighted by Gasteiger charge is -2.10. The number of aliphatic hydroxyl groups is 1. The zero-order valence-electron chi connectivity index (χ0n) is 16.7. The summed E-state index contributed by atoms with van der Waals surface area (Å²) in [4.78, 5) is 21.4. The van der Waals surface area contributed by atoms with Gasteiger partial charge in [0.05, 0.1) is 30.6 Å².